The average Bonchev–Trinajstić information content (AvgIpc) is 2.18. The molecule has 0 aromatic heterocycles. The van der Waals surface area contributed by atoms with Crippen LogP contribution in [0.1, 0.15) is 12.5 Å². The maximum atomic E-state index is 10.4. The van der Waals surface area contributed by atoms with Crippen LogP contribution >= 0.6 is 0 Å². The lowest BCUT2D eigenvalue weighted by molar-refractivity contribution is -0.384. The summed E-state index contributed by atoms with van der Waals surface area (Å²) in [5.41, 5.74) is 0.953. The molecule has 70 valence electrons. The summed E-state index contributed by atoms with van der Waals surface area (Å²) in [6.07, 6.45) is 3.53. The lowest BCUT2D eigenvalue weighted by Gasteiger charge is -1.97. The predicted octanol–water partition coefficient (Wildman–Crippen LogP) is 3.18. The highest BCUT2D eigenvalue weighted by atomic mass is 16.6. The molecule has 0 bridgehead atoms. The van der Waals surface area contributed by atoms with Gasteiger partial charge in [0, 0.05) is 12.1 Å². The van der Waals surface area contributed by atoms with Crippen molar-refractivity contribution in [2.24, 2.45) is 0 Å². The molecular formula is C10H8N2O2. The van der Waals surface area contributed by atoms with E-state index in [4.69, 9.17) is 6.57 Å². The van der Waals surface area contributed by atoms with Gasteiger partial charge in [-0.2, -0.15) is 0 Å². The number of hydrogen-bond acceptors (Lipinski definition) is 2. The van der Waals surface area contributed by atoms with Gasteiger partial charge in [0.2, 0.25) is 5.69 Å². The normalized spacial score (nSPS) is 10.0. The molecule has 0 radical (unpaired) electrons. The molecule has 1 aromatic rings. The molecule has 0 aliphatic heterocycles. The highest BCUT2D eigenvalue weighted by molar-refractivity contribution is 5.69. The second-order valence-electron chi connectivity index (χ2n) is 2.61. The molecule has 4 heteroatoms. The minimum Gasteiger partial charge on any atom is -0.258 e. The second-order valence-corrected chi connectivity index (χ2v) is 2.61. The van der Waals surface area contributed by atoms with Crippen LogP contribution < -0.4 is 0 Å². The van der Waals surface area contributed by atoms with Gasteiger partial charge in [-0.3, -0.25) is 10.1 Å². The second kappa shape index (κ2) is 4.19. The van der Waals surface area contributed by atoms with Gasteiger partial charge in [0.25, 0.3) is 5.69 Å². The van der Waals surface area contributed by atoms with Gasteiger partial charge in [0.05, 0.1) is 11.5 Å². The molecule has 0 atom stereocenters. The van der Waals surface area contributed by atoms with E-state index in [0.717, 1.165) is 0 Å². The summed E-state index contributed by atoms with van der Waals surface area (Å²) in [7, 11) is 0. The maximum Gasteiger partial charge on any atom is 0.259 e. The zero-order valence-corrected chi connectivity index (χ0v) is 7.60. The van der Waals surface area contributed by atoms with E-state index in [9.17, 15) is 10.1 Å². The molecule has 0 N–H and O–H groups in total. The fraction of sp³-hybridized carbons (Fsp3) is 0.100. The molecule has 0 aliphatic rings. The zero-order chi connectivity index (χ0) is 10.6. The molecule has 0 amide bonds. The van der Waals surface area contributed by atoms with Gasteiger partial charge < -0.3 is 0 Å². The summed E-state index contributed by atoms with van der Waals surface area (Å²) >= 11 is 0. The Balaban J connectivity index is 3.26. The topological polar surface area (TPSA) is 47.5 Å². The van der Waals surface area contributed by atoms with Crippen LogP contribution in [0.15, 0.2) is 24.3 Å². The summed E-state index contributed by atoms with van der Waals surface area (Å²) in [6, 6.07) is 4.25. The van der Waals surface area contributed by atoms with Gasteiger partial charge in [0.15, 0.2) is 0 Å². The van der Waals surface area contributed by atoms with Crippen molar-refractivity contribution in [3.63, 3.8) is 0 Å². The van der Waals surface area contributed by atoms with E-state index in [1.54, 1.807) is 18.2 Å². The van der Waals surface area contributed by atoms with Crippen molar-refractivity contribution >= 4 is 17.5 Å². The smallest absolute Gasteiger partial charge is 0.258 e. The zero-order valence-electron chi connectivity index (χ0n) is 7.60. The number of hydrogen-bond donors (Lipinski definition) is 0. The maximum absolute atomic E-state index is 10.4. The number of benzene rings is 1. The number of allylic oxidation sites excluding steroid dienone is 1. The molecule has 0 fully saturated rings. The molecule has 0 saturated heterocycles. The van der Waals surface area contributed by atoms with Gasteiger partial charge in [-0.25, -0.2) is 4.85 Å². The summed E-state index contributed by atoms with van der Waals surface area (Å²) in [6.45, 7) is 8.70. The van der Waals surface area contributed by atoms with Crippen molar-refractivity contribution in [1.82, 2.24) is 0 Å². The Bertz CT molecular complexity index is 430. The van der Waals surface area contributed by atoms with Crippen LogP contribution in [0.5, 0.6) is 0 Å². The highest BCUT2D eigenvalue weighted by Crippen LogP contribution is 2.26. The molecule has 0 unspecified atom stereocenters. The largest absolute Gasteiger partial charge is 0.259 e. The molecule has 14 heavy (non-hydrogen) atoms. The van der Waals surface area contributed by atoms with Crippen LogP contribution in [0, 0.1) is 16.7 Å². The van der Waals surface area contributed by atoms with Crippen LogP contribution in [0.4, 0.5) is 11.4 Å². The fourth-order valence-electron chi connectivity index (χ4n) is 1.06. The van der Waals surface area contributed by atoms with Gasteiger partial charge >= 0.3 is 0 Å². The lowest BCUT2D eigenvalue weighted by Crippen LogP contribution is -1.87. The van der Waals surface area contributed by atoms with E-state index < -0.39 is 4.92 Å². The Morgan fingerprint density at radius 1 is 1.57 bits per heavy atom. The Kier molecular flexibility index (Phi) is 2.97. The first kappa shape index (κ1) is 9.93. The van der Waals surface area contributed by atoms with Crippen molar-refractivity contribution in [2.75, 3.05) is 0 Å². The minimum atomic E-state index is -0.506. The third kappa shape index (κ3) is 1.96. The Morgan fingerprint density at radius 3 is 2.79 bits per heavy atom. The summed E-state index contributed by atoms with van der Waals surface area (Å²) in [5, 5.41) is 10.4. The van der Waals surface area contributed by atoms with E-state index in [-0.39, 0.29) is 5.69 Å². The molecule has 0 saturated carbocycles. The molecule has 0 spiro atoms. The monoisotopic (exact) mass is 188 g/mol. The number of nitro groups is 1. The quantitative estimate of drug-likeness (QED) is 0.406. The third-order valence-corrected chi connectivity index (χ3v) is 1.69. The minimum absolute atomic E-state index is 0.0516. The molecular weight excluding hydrogens is 180 g/mol. The van der Waals surface area contributed by atoms with E-state index >= 15 is 0 Å². The number of non-ortho nitro benzene ring substituents is 1. The number of rotatable bonds is 2. The van der Waals surface area contributed by atoms with E-state index in [1.165, 1.54) is 12.1 Å². The summed E-state index contributed by atoms with van der Waals surface area (Å²) < 4.78 is 0. The van der Waals surface area contributed by atoms with Crippen LogP contribution in [0.2, 0.25) is 0 Å². The van der Waals surface area contributed by atoms with E-state index in [1.807, 2.05) is 6.92 Å². The van der Waals surface area contributed by atoms with E-state index in [0.29, 0.717) is 11.3 Å². The average molecular weight is 188 g/mol. The molecule has 1 aromatic carbocycles. The Morgan fingerprint density at radius 2 is 2.29 bits per heavy atom. The highest BCUT2D eigenvalue weighted by Gasteiger charge is 2.08. The third-order valence-electron chi connectivity index (χ3n) is 1.69. The standard InChI is InChI=1S/C10H8N2O2/c1-3-4-8-5-6-9(12(13)14)7-10(8)11-2/h3-7H,1H3/b4-3+. The molecule has 0 aliphatic carbocycles. The lowest BCUT2D eigenvalue weighted by atomic mass is 10.1. The summed E-state index contributed by atoms with van der Waals surface area (Å²) in [4.78, 5) is 13.1. The van der Waals surface area contributed by atoms with Crippen molar-refractivity contribution in [3.05, 3.63) is 51.4 Å². The van der Waals surface area contributed by atoms with Gasteiger partial charge in [0.1, 0.15) is 0 Å². The van der Waals surface area contributed by atoms with Gasteiger partial charge in [-0.1, -0.05) is 18.2 Å². The number of nitrogens with zero attached hydrogens (tertiary/aromatic N) is 2. The van der Waals surface area contributed by atoms with Crippen LogP contribution in [0.25, 0.3) is 10.9 Å². The summed E-state index contributed by atoms with van der Waals surface area (Å²) in [5.74, 6) is 0. The van der Waals surface area contributed by atoms with Gasteiger partial charge in [-0.05, 0) is 12.5 Å². The van der Waals surface area contributed by atoms with Crippen LogP contribution in [-0.4, -0.2) is 4.92 Å². The SMILES string of the molecule is [C-]#[N+]c1cc([N+](=O)[O-])ccc1/C=C/C. The van der Waals surface area contributed by atoms with Crippen LogP contribution in [0.3, 0.4) is 0 Å². The first-order chi connectivity index (χ1) is 6.69. The number of nitro benzene ring substituents is 1. The predicted molar refractivity (Wildman–Crippen MR) is 54.1 cm³/mol. The Hall–Kier alpha value is -2.15. The van der Waals surface area contributed by atoms with Crippen molar-refractivity contribution in [1.29, 1.82) is 0 Å². The van der Waals surface area contributed by atoms with Crippen LogP contribution in [-0.2, 0) is 0 Å². The van der Waals surface area contributed by atoms with Crippen molar-refractivity contribution < 1.29 is 4.92 Å². The van der Waals surface area contributed by atoms with Gasteiger partial charge in [-0.15, -0.1) is 0 Å². The first-order valence-electron chi connectivity index (χ1n) is 3.97. The Labute approximate surface area is 81.5 Å². The molecule has 0 heterocycles. The van der Waals surface area contributed by atoms with Crippen molar-refractivity contribution in [2.45, 2.75) is 6.92 Å². The van der Waals surface area contributed by atoms with E-state index in [2.05, 4.69) is 4.85 Å². The first-order valence-corrected chi connectivity index (χ1v) is 3.97. The van der Waals surface area contributed by atoms with Crippen molar-refractivity contribution in [3.8, 4) is 0 Å². The fourth-order valence-corrected chi connectivity index (χ4v) is 1.06. The molecule has 4 nitrogen and oxygen atoms in total. The molecule has 1 rings (SSSR count).